The lowest BCUT2D eigenvalue weighted by Gasteiger charge is -2.34. The molecule has 0 spiro atoms. The van der Waals surface area contributed by atoms with Crippen LogP contribution in [0.3, 0.4) is 0 Å². The smallest absolute Gasteiger partial charge is 0.259 e. The van der Waals surface area contributed by atoms with Crippen molar-refractivity contribution in [1.29, 1.82) is 0 Å². The fourth-order valence-electron chi connectivity index (χ4n) is 4.71. The van der Waals surface area contributed by atoms with Crippen molar-refractivity contribution in [2.45, 2.75) is 18.9 Å². The van der Waals surface area contributed by atoms with E-state index >= 15 is 0 Å². The summed E-state index contributed by atoms with van der Waals surface area (Å²) in [6.07, 6.45) is 1.45. The molecule has 3 heterocycles. The number of aryl methyl sites for hydroxylation is 1. The first-order chi connectivity index (χ1) is 18.1. The van der Waals surface area contributed by atoms with Gasteiger partial charge < -0.3 is 10.1 Å². The predicted molar refractivity (Wildman–Crippen MR) is 143 cm³/mol. The van der Waals surface area contributed by atoms with E-state index < -0.39 is 15.9 Å². The van der Waals surface area contributed by atoms with Crippen molar-refractivity contribution < 1.29 is 22.7 Å². The van der Waals surface area contributed by atoms with E-state index in [2.05, 4.69) is 0 Å². The molecule has 0 aliphatic carbocycles. The average Bonchev–Trinajstić information content (AvgIpc) is 3.30. The van der Waals surface area contributed by atoms with Gasteiger partial charge in [-0.15, -0.1) is 0 Å². The van der Waals surface area contributed by atoms with Crippen molar-refractivity contribution >= 4 is 44.3 Å². The molecule has 2 aromatic carbocycles. The zero-order valence-corrected chi connectivity index (χ0v) is 22.4. The Labute approximate surface area is 225 Å². The standard InChI is InChI=1S/C27H25ClN4O5S/c1-18-15-22(9-10-31(18)35)20-3-5-21(6-4-20)27(34)29-11-13-30(14-12-29)38(36,37)26-17-23-16-24(28)7-8-25(23)32(26)19(2)33/h3-10,15-17H,11-14H2,1-2H3. The molecule has 1 aliphatic heterocycles. The first-order valence-corrected chi connectivity index (χ1v) is 13.8. The Kier molecular flexibility index (Phi) is 6.72. The van der Waals surface area contributed by atoms with Gasteiger partial charge in [-0.3, -0.25) is 14.2 Å². The molecule has 2 aromatic heterocycles. The summed E-state index contributed by atoms with van der Waals surface area (Å²) in [5.41, 5.74) is 3.28. The van der Waals surface area contributed by atoms with E-state index in [1.54, 1.807) is 54.3 Å². The fraction of sp³-hybridized carbons (Fsp3) is 0.222. The first-order valence-electron chi connectivity index (χ1n) is 12.0. The zero-order chi connectivity index (χ0) is 27.2. The topological polar surface area (TPSA) is 107 Å². The van der Waals surface area contributed by atoms with Gasteiger partial charge in [-0.05, 0) is 47.5 Å². The number of amides is 1. The molecule has 11 heteroatoms. The van der Waals surface area contributed by atoms with E-state index in [1.807, 2.05) is 12.1 Å². The van der Waals surface area contributed by atoms with Crippen molar-refractivity contribution in [3.05, 3.63) is 88.3 Å². The van der Waals surface area contributed by atoms with Gasteiger partial charge in [0, 0.05) is 68.1 Å². The van der Waals surface area contributed by atoms with Crippen LogP contribution in [0.25, 0.3) is 22.0 Å². The molecule has 4 aromatic rings. The molecule has 1 saturated heterocycles. The summed E-state index contributed by atoms with van der Waals surface area (Å²) >= 11 is 6.07. The fourth-order valence-corrected chi connectivity index (χ4v) is 6.53. The maximum absolute atomic E-state index is 13.5. The largest absolute Gasteiger partial charge is 0.619 e. The number of piperazine rings is 1. The summed E-state index contributed by atoms with van der Waals surface area (Å²) in [5, 5.41) is 12.5. The average molecular weight is 553 g/mol. The highest BCUT2D eigenvalue weighted by Crippen LogP contribution is 2.29. The summed E-state index contributed by atoms with van der Waals surface area (Å²) in [6.45, 7) is 3.67. The highest BCUT2D eigenvalue weighted by molar-refractivity contribution is 7.89. The number of hydrogen-bond donors (Lipinski definition) is 0. The lowest BCUT2D eigenvalue weighted by Crippen LogP contribution is -2.50. The summed E-state index contributed by atoms with van der Waals surface area (Å²) in [6, 6.07) is 16.9. The van der Waals surface area contributed by atoms with E-state index in [1.165, 1.54) is 28.1 Å². The molecule has 0 N–H and O–H groups in total. The van der Waals surface area contributed by atoms with Crippen molar-refractivity contribution in [2.24, 2.45) is 0 Å². The minimum absolute atomic E-state index is 0.102. The molecule has 0 saturated carbocycles. The third-order valence-corrected chi connectivity index (χ3v) is 8.85. The van der Waals surface area contributed by atoms with Crippen LogP contribution in [0, 0.1) is 12.1 Å². The molecule has 0 atom stereocenters. The summed E-state index contributed by atoms with van der Waals surface area (Å²) in [4.78, 5) is 27.1. The minimum Gasteiger partial charge on any atom is -0.619 e. The first kappa shape index (κ1) is 25.9. The van der Waals surface area contributed by atoms with Crippen LogP contribution in [-0.2, 0) is 10.0 Å². The minimum atomic E-state index is -4.00. The number of sulfonamides is 1. The van der Waals surface area contributed by atoms with Crippen molar-refractivity contribution in [2.75, 3.05) is 26.2 Å². The third-order valence-electron chi connectivity index (χ3n) is 6.74. The van der Waals surface area contributed by atoms with E-state index in [0.717, 1.165) is 15.9 Å². The molecule has 38 heavy (non-hydrogen) atoms. The Balaban J connectivity index is 1.31. The molecule has 0 unspecified atom stereocenters. The monoisotopic (exact) mass is 552 g/mol. The van der Waals surface area contributed by atoms with Gasteiger partial charge >= 0.3 is 0 Å². The van der Waals surface area contributed by atoms with Gasteiger partial charge in [0.05, 0.1) is 5.52 Å². The second kappa shape index (κ2) is 9.86. The number of rotatable bonds is 4. The predicted octanol–water partition coefficient (Wildman–Crippen LogP) is 3.71. The SMILES string of the molecule is CC(=O)n1c(S(=O)(=O)N2CCN(C(=O)c3ccc(-c4cc[n+]([O-])c(C)c4)cc3)CC2)cc2cc(Cl)ccc21. The highest BCUT2D eigenvalue weighted by atomic mass is 35.5. The van der Waals surface area contributed by atoms with Gasteiger partial charge in [-0.25, -0.2) is 8.42 Å². The van der Waals surface area contributed by atoms with E-state index in [0.29, 0.717) is 27.2 Å². The van der Waals surface area contributed by atoms with Crippen LogP contribution in [-0.4, -0.2) is 60.2 Å². The number of nitrogens with zero attached hydrogens (tertiary/aromatic N) is 4. The normalized spacial score (nSPS) is 14.7. The summed E-state index contributed by atoms with van der Waals surface area (Å²) in [5.74, 6) is -0.612. The van der Waals surface area contributed by atoms with Crippen LogP contribution in [0.4, 0.5) is 0 Å². The van der Waals surface area contributed by atoms with Gasteiger partial charge in [0.15, 0.2) is 16.9 Å². The van der Waals surface area contributed by atoms with Crippen LogP contribution in [0.5, 0.6) is 0 Å². The Morgan fingerprint density at radius 3 is 2.24 bits per heavy atom. The highest BCUT2D eigenvalue weighted by Gasteiger charge is 2.34. The molecule has 9 nitrogen and oxygen atoms in total. The van der Waals surface area contributed by atoms with E-state index in [-0.39, 0.29) is 37.1 Å². The number of halogens is 1. The molecule has 0 bridgehead atoms. The molecular weight excluding hydrogens is 528 g/mol. The molecular formula is C27H25ClN4O5S. The van der Waals surface area contributed by atoms with Gasteiger partial charge in [0.25, 0.3) is 15.9 Å². The van der Waals surface area contributed by atoms with Gasteiger partial charge in [-0.1, -0.05) is 23.7 Å². The Bertz CT molecular complexity index is 1670. The molecule has 196 valence electrons. The van der Waals surface area contributed by atoms with Crippen LogP contribution in [0.1, 0.15) is 27.8 Å². The molecule has 1 aliphatic rings. The van der Waals surface area contributed by atoms with Crippen molar-refractivity contribution in [3.63, 3.8) is 0 Å². The summed E-state index contributed by atoms with van der Waals surface area (Å²) < 4.78 is 30.3. The number of carbonyl (C=O) groups excluding carboxylic acids is 2. The number of fused-ring (bicyclic) bond motifs is 1. The maximum Gasteiger partial charge on any atom is 0.259 e. The number of hydrogen-bond acceptors (Lipinski definition) is 5. The van der Waals surface area contributed by atoms with E-state index in [4.69, 9.17) is 11.6 Å². The van der Waals surface area contributed by atoms with Crippen LogP contribution in [0.2, 0.25) is 5.02 Å². The van der Waals surface area contributed by atoms with Crippen LogP contribution < -0.4 is 4.73 Å². The number of carbonyl (C=O) groups is 2. The zero-order valence-electron chi connectivity index (χ0n) is 20.8. The number of aromatic nitrogens is 2. The van der Waals surface area contributed by atoms with Crippen LogP contribution in [0.15, 0.2) is 71.9 Å². The number of pyridine rings is 1. The second-order valence-corrected chi connectivity index (χ2v) is 11.5. The Morgan fingerprint density at radius 1 is 0.921 bits per heavy atom. The Hall–Kier alpha value is -3.73. The van der Waals surface area contributed by atoms with Gasteiger partial charge in [-0.2, -0.15) is 9.04 Å². The molecule has 1 fully saturated rings. The third kappa shape index (κ3) is 4.66. The lowest BCUT2D eigenvalue weighted by molar-refractivity contribution is -0.612. The van der Waals surface area contributed by atoms with Crippen molar-refractivity contribution in [1.82, 2.24) is 13.8 Å². The van der Waals surface area contributed by atoms with Gasteiger partial charge in [0.2, 0.25) is 5.91 Å². The summed E-state index contributed by atoms with van der Waals surface area (Å²) in [7, 11) is -4.00. The Morgan fingerprint density at radius 2 is 1.61 bits per heavy atom. The van der Waals surface area contributed by atoms with E-state index in [9.17, 15) is 23.2 Å². The quantitative estimate of drug-likeness (QED) is 0.283. The lowest BCUT2D eigenvalue weighted by atomic mass is 10.0. The van der Waals surface area contributed by atoms with Crippen LogP contribution >= 0.6 is 11.6 Å². The second-order valence-electron chi connectivity index (χ2n) is 9.20. The number of benzene rings is 2. The van der Waals surface area contributed by atoms with Gasteiger partial charge in [0.1, 0.15) is 0 Å². The van der Waals surface area contributed by atoms with Crippen molar-refractivity contribution in [3.8, 4) is 11.1 Å². The maximum atomic E-state index is 13.5. The molecule has 0 radical (unpaired) electrons. The molecule has 5 rings (SSSR count). The molecule has 1 amide bonds.